The number of hydrogen-bond acceptors (Lipinski definition) is 2. The van der Waals surface area contributed by atoms with Crippen LogP contribution in [0.4, 0.5) is 0 Å². The molecule has 0 saturated heterocycles. The Balaban J connectivity index is 2.15. The summed E-state index contributed by atoms with van der Waals surface area (Å²) >= 11 is 6.20. The van der Waals surface area contributed by atoms with Crippen molar-refractivity contribution in [2.75, 3.05) is 0 Å². The van der Waals surface area contributed by atoms with E-state index < -0.39 is 6.10 Å². The van der Waals surface area contributed by atoms with Gasteiger partial charge in [0, 0.05) is 16.1 Å². The van der Waals surface area contributed by atoms with E-state index in [1.165, 1.54) is 0 Å². The molecule has 0 aliphatic carbocycles. The molecule has 0 fully saturated rings. The number of hydrogen-bond donors (Lipinski definition) is 1. The summed E-state index contributed by atoms with van der Waals surface area (Å²) in [7, 11) is 0. The van der Waals surface area contributed by atoms with Crippen LogP contribution < -0.4 is 4.74 Å². The summed E-state index contributed by atoms with van der Waals surface area (Å²) in [5.74, 6) is 0.707. The van der Waals surface area contributed by atoms with Crippen LogP contribution in [-0.4, -0.2) is 5.11 Å². The third-order valence-corrected chi connectivity index (χ3v) is 3.61. The van der Waals surface area contributed by atoms with Gasteiger partial charge in [-0.15, -0.1) is 0 Å². The Hall–Kier alpha value is -1.51. The molecular formula is C17H19ClO2. The molecule has 0 unspecified atom stereocenters. The molecule has 0 bridgehead atoms. The van der Waals surface area contributed by atoms with Gasteiger partial charge in [0.25, 0.3) is 0 Å². The molecule has 2 aromatic rings. The van der Waals surface area contributed by atoms with Crippen molar-refractivity contribution in [1.29, 1.82) is 0 Å². The van der Waals surface area contributed by atoms with E-state index in [2.05, 4.69) is 0 Å². The van der Waals surface area contributed by atoms with Crippen LogP contribution in [0.5, 0.6) is 5.75 Å². The van der Waals surface area contributed by atoms with Crippen molar-refractivity contribution in [3.05, 3.63) is 64.2 Å². The first kappa shape index (κ1) is 14.9. The molecule has 1 N–H and O–H groups in total. The van der Waals surface area contributed by atoms with Crippen LogP contribution in [0.15, 0.2) is 42.5 Å². The van der Waals surface area contributed by atoms with Gasteiger partial charge < -0.3 is 9.84 Å². The lowest BCUT2D eigenvalue weighted by atomic mass is 10.1. The molecule has 0 aliphatic heterocycles. The molecule has 0 aromatic heterocycles. The van der Waals surface area contributed by atoms with Crippen LogP contribution in [0.2, 0.25) is 5.02 Å². The zero-order chi connectivity index (χ0) is 14.5. The third kappa shape index (κ3) is 3.53. The maximum Gasteiger partial charge on any atom is 0.125 e. The van der Waals surface area contributed by atoms with Crippen molar-refractivity contribution in [1.82, 2.24) is 0 Å². The van der Waals surface area contributed by atoms with Crippen LogP contribution in [0.3, 0.4) is 0 Å². The van der Waals surface area contributed by atoms with Gasteiger partial charge in [0.15, 0.2) is 0 Å². The van der Waals surface area contributed by atoms with Gasteiger partial charge in [0.2, 0.25) is 0 Å². The van der Waals surface area contributed by atoms with E-state index in [1.54, 1.807) is 0 Å². The number of aliphatic hydroxyl groups excluding tert-OH is 1. The molecule has 2 nitrogen and oxygen atoms in total. The summed E-state index contributed by atoms with van der Waals surface area (Å²) in [4.78, 5) is 0. The molecular weight excluding hydrogens is 272 g/mol. The number of rotatable bonds is 5. The van der Waals surface area contributed by atoms with E-state index in [-0.39, 0.29) is 0 Å². The summed E-state index contributed by atoms with van der Waals surface area (Å²) < 4.78 is 5.82. The van der Waals surface area contributed by atoms with Gasteiger partial charge in [-0.25, -0.2) is 0 Å². The highest BCUT2D eigenvalue weighted by Crippen LogP contribution is 2.28. The zero-order valence-corrected chi connectivity index (χ0v) is 12.5. The summed E-state index contributed by atoms with van der Waals surface area (Å²) in [6.45, 7) is 4.34. The molecule has 1 atom stereocenters. The third-order valence-electron chi connectivity index (χ3n) is 3.26. The lowest BCUT2D eigenvalue weighted by Crippen LogP contribution is -2.02. The largest absolute Gasteiger partial charge is 0.488 e. The van der Waals surface area contributed by atoms with Gasteiger partial charge in [0.1, 0.15) is 12.4 Å². The van der Waals surface area contributed by atoms with Crippen LogP contribution >= 0.6 is 11.6 Å². The fourth-order valence-electron chi connectivity index (χ4n) is 2.03. The number of para-hydroxylation sites is 1. The van der Waals surface area contributed by atoms with E-state index in [0.29, 0.717) is 23.8 Å². The highest BCUT2D eigenvalue weighted by Gasteiger charge is 2.11. The van der Waals surface area contributed by atoms with Crippen LogP contribution in [0, 0.1) is 6.92 Å². The van der Waals surface area contributed by atoms with Gasteiger partial charge in [-0.2, -0.15) is 0 Å². The quantitative estimate of drug-likeness (QED) is 0.867. The van der Waals surface area contributed by atoms with Crippen molar-refractivity contribution in [2.24, 2.45) is 0 Å². The zero-order valence-electron chi connectivity index (χ0n) is 11.8. The smallest absolute Gasteiger partial charge is 0.125 e. The molecule has 0 amide bonds. The highest BCUT2D eigenvalue weighted by molar-refractivity contribution is 6.31. The Morgan fingerprint density at radius 1 is 1.20 bits per heavy atom. The van der Waals surface area contributed by atoms with E-state index in [9.17, 15) is 5.11 Å². The molecule has 0 aliphatic rings. The summed E-state index contributed by atoms with van der Waals surface area (Å²) in [5.41, 5.74) is 2.89. The average Bonchev–Trinajstić information content (AvgIpc) is 2.46. The fraction of sp³-hybridized carbons (Fsp3) is 0.294. The molecule has 20 heavy (non-hydrogen) atoms. The molecule has 0 spiro atoms. The van der Waals surface area contributed by atoms with Crippen molar-refractivity contribution in [3.63, 3.8) is 0 Å². The second-order valence-electron chi connectivity index (χ2n) is 4.85. The van der Waals surface area contributed by atoms with Crippen molar-refractivity contribution >= 4 is 11.6 Å². The molecule has 2 rings (SSSR count). The minimum atomic E-state index is -0.500. The molecule has 0 radical (unpaired) electrons. The van der Waals surface area contributed by atoms with Crippen LogP contribution in [0.1, 0.15) is 36.1 Å². The van der Waals surface area contributed by atoms with Crippen LogP contribution in [0.25, 0.3) is 0 Å². The lowest BCUT2D eigenvalue weighted by Gasteiger charge is -2.15. The first-order valence-corrected chi connectivity index (χ1v) is 7.14. The summed E-state index contributed by atoms with van der Waals surface area (Å²) in [6.07, 6.45) is 0.158. The monoisotopic (exact) mass is 290 g/mol. The van der Waals surface area contributed by atoms with Gasteiger partial charge in [-0.1, -0.05) is 48.9 Å². The number of aliphatic hydroxyl groups is 1. The Morgan fingerprint density at radius 2 is 1.95 bits per heavy atom. The number of ether oxygens (including phenoxy) is 1. The molecule has 0 saturated carbocycles. The van der Waals surface area contributed by atoms with E-state index in [4.69, 9.17) is 16.3 Å². The first-order chi connectivity index (χ1) is 9.61. The van der Waals surface area contributed by atoms with E-state index >= 15 is 0 Å². The first-order valence-electron chi connectivity index (χ1n) is 6.76. The Bertz CT molecular complexity index is 581. The minimum Gasteiger partial charge on any atom is -0.488 e. The number of halogens is 1. The minimum absolute atomic E-state index is 0.395. The predicted octanol–water partition coefficient (Wildman–Crippen LogP) is 4.67. The fourth-order valence-corrected chi connectivity index (χ4v) is 2.32. The standard InChI is InChI=1S/C17H19ClO2/c1-3-16(19)14-6-4-5-7-17(14)20-11-13-9-8-12(2)10-15(13)18/h4-10,16,19H,3,11H2,1-2H3/t16-/m1/s1. The Labute approximate surface area is 125 Å². The molecule has 0 heterocycles. The second kappa shape index (κ2) is 6.78. The SMILES string of the molecule is CC[C@@H](O)c1ccccc1OCc1ccc(C)cc1Cl. The predicted molar refractivity (Wildman–Crippen MR) is 82.2 cm³/mol. The molecule has 3 heteroatoms. The Kier molecular flexibility index (Phi) is 5.05. The molecule has 2 aromatic carbocycles. The summed E-state index contributed by atoms with van der Waals surface area (Å²) in [6, 6.07) is 13.5. The van der Waals surface area contributed by atoms with Crippen molar-refractivity contribution < 1.29 is 9.84 Å². The van der Waals surface area contributed by atoms with Gasteiger partial charge in [-0.3, -0.25) is 0 Å². The van der Waals surface area contributed by atoms with E-state index in [0.717, 1.165) is 16.7 Å². The van der Waals surface area contributed by atoms with E-state index in [1.807, 2.05) is 56.3 Å². The number of aryl methyl sites for hydroxylation is 1. The molecule has 106 valence electrons. The maximum absolute atomic E-state index is 9.99. The topological polar surface area (TPSA) is 29.5 Å². The van der Waals surface area contributed by atoms with Crippen molar-refractivity contribution in [3.8, 4) is 5.75 Å². The second-order valence-corrected chi connectivity index (χ2v) is 5.25. The maximum atomic E-state index is 9.99. The van der Waals surface area contributed by atoms with Crippen molar-refractivity contribution in [2.45, 2.75) is 33.0 Å². The number of benzene rings is 2. The lowest BCUT2D eigenvalue weighted by molar-refractivity contribution is 0.166. The van der Waals surface area contributed by atoms with Gasteiger partial charge in [0.05, 0.1) is 6.10 Å². The van der Waals surface area contributed by atoms with Gasteiger partial charge >= 0.3 is 0 Å². The normalized spacial score (nSPS) is 12.2. The summed E-state index contributed by atoms with van der Waals surface area (Å²) in [5, 5.41) is 10.7. The highest BCUT2D eigenvalue weighted by atomic mass is 35.5. The van der Waals surface area contributed by atoms with Crippen LogP contribution in [-0.2, 0) is 6.61 Å². The van der Waals surface area contributed by atoms with Gasteiger partial charge in [-0.05, 0) is 31.0 Å². The average molecular weight is 291 g/mol. The Morgan fingerprint density at radius 3 is 2.65 bits per heavy atom.